The van der Waals surface area contributed by atoms with Gasteiger partial charge < -0.3 is 4.90 Å². The highest BCUT2D eigenvalue weighted by atomic mass is 16.2. The predicted octanol–water partition coefficient (Wildman–Crippen LogP) is 5.86. The van der Waals surface area contributed by atoms with Gasteiger partial charge in [-0.15, -0.1) is 0 Å². The normalized spacial score (nSPS) is 21.9. The van der Waals surface area contributed by atoms with E-state index >= 15 is 0 Å². The van der Waals surface area contributed by atoms with Crippen molar-refractivity contribution in [2.24, 2.45) is 11.8 Å². The molecule has 0 aromatic heterocycles. The molecule has 0 N–H and O–H groups in total. The van der Waals surface area contributed by atoms with E-state index in [2.05, 4.69) is 46.4 Å². The van der Waals surface area contributed by atoms with Gasteiger partial charge in [-0.1, -0.05) is 65.0 Å². The summed E-state index contributed by atoms with van der Waals surface area (Å²) in [6.45, 7) is 16.6. The SMILES string of the molecule is Cc1ccc(C2=C(N3CC(C)CC(C)C3)C(=O)N(c3ccc(C(C)(C)C)cc3)C2=O)cc1C. The van der Waals surface area contributed by atoms with E-state index in [9.17, 15) is 9.59 Å². The highest BCUT2D eigenvalue weighted by molar-refractivity contribution is 6.45. The Labute approximate surface area is 198 Å². The number of anilines is 1. The van der Waals surface area contributed by atoms with Gasteiger partial charge in [-0.25, -0.2) is 4.90 Å². The fourth-order valence-corrected chi connectivity index (χ4v) is 5.16. The lowest BCUT2D eigenvalue weighted by Gasteiger charge is -2.37. The molecule has 174 valence electrons. The molecule has 2 unspecified atom stereocenters. The number of carbonyl (C=O) groups is 2. The first-order chi connectivity index (χ1) is 15.5. The molecule has 1 saturated heterocycles. The lowest BCUT2D eigenvalue weighted by Crippen LogP contribution is -2.42. The molecule has 0 aliphatic carbocycles. The Bertz CT molecular complexity index is 1110. The molecular formula is C29H36N2O2. The lowest BCUT2D eigenvalue weighted by atomic mass is 9.87. The molecule has 0 saturated carbocycles. The summed E-state index contributed by atoms with van der Waals surface area (Å²) in [7, 11) is 0. The molecule has 0 radical (unpaired) electrons. The molecule has 2 aromatic rings. The molecule has 2 atom stereocenters. The van der Waals surface area contributed by atoms with Crippen molar-refractivity contribution in [3.05, 3.63) is 70.4 Å². The van der Waals surface area contributed by atoms with Crippen molar-refractivity contribution in [3.63, 3.8) is 0 Å². The molecular weight excluding hydrogens is 408 g/mol. The number of rotatable bonds is 3. The van der Waals surface area contributed by atoms with Crippen LogP contribution in [-0.2, 0) is 15.0 Å². The van der Waals surface area contributed by atoms with Crippen LogP contribution >= 0.6 is 0 Å². The van der Waals surface area contributed by atoms with Crippen molar-refractivity contribution >= 4 is 23.1 Å². The quantitative estimate of drug-likeness (QED) is 0.557. The Balaban J connectivity index is 1.81. The standard InChI is InChI=1S/C29H36N2O2/c1-18-14-19(2)17-30(16-18)26-25(22-9-8-20(3)21(4)15-22)27(32)31(28(26)33)24-12-10-23(11-13-24)29(5,6)7/h8-13,15,18-19H,14,16-17H2,1-7H3. The van der Waals surface area contributed by atoms with Gasteiger partial charge in [-0.3, -0.25) is 9.59 Å². The third kappa shape index (κ3) is 4.36. The van der Waals surface area contributed by atoms with E-state index in [-0.39, 0.29) is 17.2 Å². The summed E-state index contributed by atoms with van der Waals surface area (Å²) < 4.78 is 0. The summed E-state index contributed by atoms with van der Waals surface area (Å²) in [5.74, 6) is 0.515. The average molecular weight is 445 g/mol. The molecule has 2 heterocycles. The molecule has 33 heavy (non-hydrogen) atoms. The van der Waals surface area contributed by atoms with E-state index in [1.807, 2.05) is 49.4 Å². The number of carbonyl (C=O) groups excluding carboxylic acids is 2. The first-order valence-corrected chi connectivity index (χ1v) is 12.0. The first-order valence-electron chi connectivity index (χ1n) is 12.0. The number of aryl methyl sites for hydroxylation is 2. The Kier molecular flexibility index (Phi) is 5.98. The van der Waals surface area contributed by atoms with Crippen molar-refractivity contribution in [3.8, 4) is 0 Å². The summed E-state index contributed by atoms with van der Waals surface area (Å²) in [6, 6.07) is 13.9. The molecule has 2 amide bonds. The van der Waals surface area contributed by atoms with E-state index in [0.717, 1.165) is 30.6 Å². The number of hydrogen-bond acceptors (Lipinski definition) is 3. The Morgan fingerprint density at radius 3 is 1.97 bits per heavy atom. The minimum atomic E-state index is -0.229. The van der Waals surface area contributed by atoms with Crippen LogP contribution in [0.2, 0.25) is 0 Å². The van der Waals surface area contributed by atoms with Crippen molar-refractivity contribution < 1.29 is 9.59 Å². The molecule has 2 aliphatic heterocycles. The Morgan fingerprint density at radius 2 is 1.42 bits per heavy atom. The van der Waals surface area contributed by atoms with Gasteiger partial charge in [0.25, 0.3) is 11.8 Å². The van der Waals surface area contributed by atoms with Gasteiger partial charge in [0.1, 0.15) is 5.70 Å². The van der Waals surface area contributed by atoms with Gasteiger partial charge in [-0.05, 0) is 71.9 Å². The van der Waals surface area contributed by atoms with E-state index in [1.54, 1.807) is 0 Å². The Hall–Kier alpha value is -2.88. The molecule has 4 rings (SSSR count). The minimum Gasteiger partial charge on any atom is -0.366 e. The summed E-state index contributed by atoms with van der Waals surface area (Å²) >= 11 is 0. The molecule has 4 heteroatoms. The highest BCUT2D eigenvalue weighted by Crippen LogP contribution is 2.38. The van der Waals surface area contributed by atoms with E-state index in [4.69, 9.17) is 0 Å². The molecule has 4 nitrogen and oxygen atoms in total. The maximum atomic E-state index is 13.9. The van der Waals surface area contributed by atoms with Gasteiger partial charge in [0.2, 0.25) is 0 Å². The molecule has 2 aliphatic rings. The van der Waals surface area contributed by atoms with Gasteiger partial charge >= 0.3 is 0 Å². The zero-order valence-corrected chi connectivity index (χ0v) is 21.0. The third-order valence-corrected chi connectivity index (χ3v) is 7.03. The largest absolute Gasteiger partial charge is 0.366 e. The van der Waals surface area contributed by atoms with Crippen molar-refractivity contribution in [1.29, 1.82) is 0 Å². The second-order valence-corrected chi connectivity index (χ2v) is 11.1. The van der Waals surface area contributed by atoms with Crippen LogP contribution in [0.25, 0.3) is 5.57 Å². The average Bonchev–Trinajstić information content (AvgIpc) is 2.99. The summed E-state index contributed by atoms with van der Waals surface area (Å²) in [6.07, 6.45) is 1.14. The minimum absolute atomic E-state index is 0.00559. The van der Waals surface area contributed by atoms with E-state index in [1.165, 1.54) is 16.0 Å². The summed E-state index contributed by atoms with van der Waals surface area (Å²) in [5.41, 5.74) is 6.02. The number of likely N-dealkylation sites (tertiary alicyclic amines) is 1. The van der Waals surface area contributed by atoms with Crippen LogP contribution < -0.4 is 4.90 Å². The molecule has 2 aromatic carbocycles. The van der Waals surface area contributed by atoms with Crippen LogP contribution in [0.3, 0.4) is 0 Å². The van der Waals surface area contributed by atoms with Crippen LogP contribution in [-0.4, -0.2) is 29.8 Å². The Morgan fingerprint density at radius 1 is 0.818 bits per heavy atom. The van der Waals surface area contributed by atoms with Crippen LogP contribution in [0.15, 0.2) is 48.2 Å². The van der Waals surface area contributed by atoms with E-state index in [0.29, 0.717) is 28.8 Å². The second-order valence-electron chi connectivity index (χ2n) is 11.1. The number of benzene rings is 2. The maximum absolute atomic E-state index is 13.9. The zero-order chi connectivity index (χ0) is 24.1. The van der Waals surface area contributed by atoms with E-state index < -0.39 is 0 Å². The van der Waals surface area contributed by atoms with Crippen molar-refractivity contribution in [1.82, 2.24) is 4.90 Å². The van der Waals surface area contributed by atoms with Crippen LogP contribution in [0.1, 0.15) is 63.3 Å². The van der Waals surface area contributed by atoms with Gasteiger partial charge in [0, 0.05) is 13.1 Å². The number of piperidine rings is 1. The van der Waals surface area contributed by atoms with Gasteiger partial charge in [0.05, 0.1) is 11.3 Å². The summed E-state index contributed by atoms with van der Waals surface area (Å²) in [5, 5.41) is 0. The molecule has 1 fully saturated rings. The first kappa shape index (κ1) is 23.3. The third-order valence-electron chi connectivity index (χ3n) is 7.03. The zero-order valence-electron chi connectivity index (χ0n) is 21.0. The second kappa shape index (κ2) is 8.48. The smallest absolute Gasteiger partial charge is 0.282 e. The lowest BCUT2D eigenvalue weighted by molar-refractivity contribution is -0.120. The van der Waals surface area contributed by atoms with Gasteiger partial charge in [0.15, 0.2) is 0 Å². The number of imide groups is 1. The van der Waals surface area contributed by atoms with Crippen LogP contribution in [0, 0.1) is 25.7 Å². The summed E-state index contributed by atoms with van der Waals surface area (Å²) in [4.78, 5) is 31.2. The van der Waals surface area contributed by atoms with Crippen molar-refractivity contribution in [2.75, 3.05) is 18.0 Å². The fourth-order valence-electron chi connectivity index (χ4n) is 5.16. The maximum Gasteiger partial charge on any atom is 0.282 e. The fraction of sp³-hybridized carbons (Fsp3) is 0.448. The molecule has 0 bridgehead atoms. The van der Waals surface area contributed by atoms with Crippen LogP contribution in [0.5, 0.6) is 0 Å². The monoisotopic (exact) mass is 444 g/mol. The van der Waals surface area contributed by atoms with Gasteiger partial charge in [-0.2, -0.15) is 0 Å². The van der Waals surface area contributed by atoms with Crippen LogP contribution in [0.4, 0.5) is 5.69 Å². The number of amides is 2. The number of hydrogen-bond donors (Lipinski definition) is 0. The highest BCUT2D eigenvalue weighted by Gasteiger charge is 2.43. The molecule has 0 spiro atoms. The predicted molar refractivity (Wildman–Crippen MR) is 135 cm³/mol. The number of nitrogens with zero attached hydrogens (tertiary/aromatic N) is 2. The topological polar surface area (TPSA) is 40.6 Å². The van der Waals surface area contributed by atoms with Crippen molar-refractivity contribution in [2.45, 2.75) is 60.3 Å².